The van der Waals surface area contributed by atoms with Gasteiger partial charge in [0.15, 0.2) is 5.72 Å². The molecule has 4 rings (SSSR count). The van der Waals surface area contributed by atoms with Gasteiger partial charge in [-0.3, -0.25) is 9.69 Å². The Labute approximate surface area is 153 Å². The number of nitrogens with zero attached hydrogens (tertiary/aromatic N) is 2. The molecule has 5 heteroatoms. The monoisotopic (exact) mass is 352 g/mol. The topological polar surface area (TPSA) is 53.0 Å². The molecule has 0 unspecified atom stereocenters. The van der Waals surface area contributed by atoms with E-state index in [9.17, 15) is 9.90 Å². The summed E-state index contributed by atoms with van der Waals surface area (Å²) in [6.45, 7) is 4.42. The summed E-state index contributed by atoms with van der Waals surface area (Å²) in [5.74, 6) is -0.0905. The van der Waals surface area contributed by atoms with E-state index in [4.69, 9.17) is 4.74 Å². The maximum absolute atomic E-state index is 13.0. The van der Waals surface area contributed by atoms with Crippen molar-refractivity contribution in [3.8, 4) is 0 Å². The molecule has 1 fully saturated rings. The van der Waals surface area contributed by atoms with E-state index in [-0.39, 0.29) is 5.91 Å². The van der Waals surface area contributed by atoms with E-state index in [1.807, 2.05) is 54.6 Å². The van der Waals surface area contributed by atoms with Crippen molar-refractivity contribution in [2.75, 3.05) is 39.4 Å². The molecule has 0 bridgehead atoms. The lowest BCUT2D eigenvalue weighted by Gasteiger charge is -2.36. The van der Waals surface area contributed by atoms with Gasteiger partial charge in [0.2, 0.25) is 0 Å². The molecule has 1 saturated heterocycles. The van der Waals surface area contributed by atoms with Crippen molar-refractivity contribution >= 4 is 5.91 Å². The molecule has 0 aliphatic carbocycles. The summed E-state index contributed by atoms with van der Waals surface area (Å²) in [6.07, 6.45) is 0.389. The number of ether oxygens (including phenoxy) is 1. The molecule has 2 aromatic rings. The molecule has 1 atom stereocenters. The molecular weight excluding hydrogens is 328 g/mol. The largest absolute Gasteiger partial charge is 0.379 e. The maximum atomic E-state index is 13.0. The zero-order chi connectivity index (χ0) is 18.0. The van der Waals surface area contributed by atoms with Gasteiger partial charge < -0.3 is 14.7 Å². The van der Waals surface area contributed by atoms with Gasteiger partial charge in [-0.05, 0) is 11.6 Å². The summed E-state index contributed by atoms with van der Waals surface area (Å²) in [7, 11) is 0. The van der Waals surface area contributed by atoms with Crippen LogP contribution in [-0.4, -0.2) is 60.2 Å². The van der Waals surface area contributed by atoms with Gasteiger partial charge in [-0.2, -0.15) is 0 Å². The average Bonchev–Trinajstić information content (AvgIpc) is 2.89. The molecule has 2 heterocycles. The number of rotatable bonds is 5. The molecule has 5 nitrogen and oxygen atoms in total. The Kier molecular flexibility index (Phi) is 4.76. The Bertz CT molecular complexity index is 774. The van der Waals surface area contributed by atoms with Crippen LogP contribution < -0.4 is 0 Å². The highest BCUT2D eigenvalue weighted by molar-refractivity contribution is 5.99. The first-order valence-electron chi connectivity index (χ1n) is 9.16. The number of fused-ring (bicyclic) bond motifs is 1. The van der Waals surface area contributed by atoms with Crippen molar-refractivity contribution in [2.45, 2.75) is 12.1 Å². The van der Waals surface area contributed by atoms with E-state index in [0.29, 0.717) is 24.1 Å². The minimum absolute atomic E-state index is 0.0905. The van der Waals surface area contributed by atoms with Crippen LogP contribution in [0.5, 0.6) is 0 Å². The van der Waals surface area contributed by atoms with Gasteiger partial charge in [0.05, 0.1) is 13.2 Å². The van der Waals surface area contributed by atoms with Crippen LogP contribution in [0.15, 0.2) is 54.6 Å². The fourth-order valence-electron chi connectivity index (χ4n) is 3.90. The first-order chi connectivity index (χ1) is 12.7. The Hall–Kier alpha value is -2.21. The van der Waals surface area contributed by atoms with Crippen LogP contribution in [0.2, 0.25) is 0 Å². The van der Waals surface area contributed by atoms with E-state index in [0.717, 1.165) is 38.4 Å². The summed E-state index contributed by atoms with van der Waals surface area (Å²) in [4.78, 5) is 16.9. The van der Waals surface area contributed by atoms with E-state index >= 15 is 0 Å². The molecule has 2 aliphatic rings. The third-order valence-corrected chi connectivity index (χ3v) is 5.32. The summed E-state index contributed by atoms with van der Waals surface area (Å²) >= 11 is 0. The van der Waals surface area contributed by atoms with Gasteiger partial charge >= 0.3 is 0 Å². The van der Waals surface area contributed by atoms with Gasteiger partial charge in [0, 0.05) is 43.7 Å². The summed E-state index contributed by atoms with van der Waals surface area (Å²) < 4.78 is 5.39. The molecule has 0 aromatic heterocycles. The van der Waals surface area contributed by atoms with Crippen LogP contribution in [0.1, 0.15) is 21.5 Å². The predicted octanol–water partition coefficient (Wildman–Crippen LogP) is 1.86. The van der Waals surface area contributed by atoms with E-state index < -0.39 is 5.72 Å². The number of hydrogen-bond donors (Lipinski definition) is 1. The Morgan fingerprint density at radius 2 is 1.65 bits per heavy atom. The lowest BCUT2D eigenvalue weighted by Crippen LogP contribution is -2.49. The van der Waals surface area contributed by atoms with Gasteiger partial charge in [0.1, 0.15) is 0 Å². The Morgan fingerprint density at radius 3 is 2.42 bits per heavy atom. The summed E-state index contributed by atoms with van der Waals surface area (Å²) in [6, 6.07) is 17.3. The van der Waals surface area contributed by atoms with Crippen LogP contribution in [0.4, 0.5) is 0 Å². The van der Waals surface area contributed by atoms with E-state index in [1.165, 1.54) is 0 Å². The molecule has 2 aromatic carbocycles. The number of hydrogen-bond acceptors (Lipinski definition) is 4. The van der Waals surface area contributed by atoms with Crippen molar-refractivity contribution in [3.05, 3.63) is 71.3 Å². The van der Waals surface area contributed by atoms with Gasteiger partial charge in [-0.15, -0.1) is 0 Å². The van der Waals surface area contributed by atoms with Crippen LogP contribution in [0.3, 0.4) is 0 Å². The summed E-state index contributed by atoms with van der Waals surface area (Å²) in [5.41, 5.74) is 1.01. The molecule has 1 amide bonds. The molecule has 0 radical (unpaired) electrons. The van der Waals surface area contributed by atoms with Crippen molar-refractivity contribution in [2.24, 2.45) is 0 Å². The van der Waals surface area contributed by atoms with Crippen molar-refractivity contribution in [1.29, 1.82) is 0 Å². The van der Waals surface area contributed by atoms with Gasteiger partial charge in [-0.1, -0.05) is 48.5 Å². The lowest BCUT2D eigenvalue weighted by molar-refractivity contribution is -0.0875. The van der Waals surface area contributed by atoms with E-state index in [2.05, 4.69) is 4.90 Å². The quantitative estimate of drug-likeness (QED) is 0.893. The number of morpholine rings is 1. The third-order valence-electron chi connectivity index (χ3n) is 5.32. The number of aliphatic hydroxyl groups is 1. The number of benzene rings is 2. The second kappa shape index (κ2) is 7.19. The number of carbonyl (C=O) groups excluding carboxylic acids is 1. The highest BCUT2D eigenvalue weighted by Gasteiger charge is 2.48. The van der Waals surface area contributed by atoms with Crippen LogP contribution in [0, 0.1) is 0 Å². The van der Waals surface area contributed by atoms with Crippen LogP contribution in [0.25, 0.3) is 0 Å². The van der Waals surface area contributed by atoms with Crippen molar-refractivity contribution in [1.82, 2.24) is 9.80 Å². The molecule has 1 N–H and O–H groups in total. The highest BCUT2D eigenvalue weighted by Crippen LogP contribution is 2.39. The number of amides is 1. The first kappa shape index (κ1) is 17.2. The predicted molar refractivity (Wildman–Crippen MR) is 98.8 cm³/mol. The van der Waals surface area contributed by atoms with Crippen LogP contribution in [-0.2, 0) is 16.9 Å². The third kappa shape index (κ3) is 3.14. The van der Waals surface area contributed by atoms with Gasteiger partial charge in [0.25, 0.3) is 5.91 Å². The molecule has 2 aliphatic heterocycles. The average molecular weight is 352 g/mol. The minimum atomic E-state index is -1.30. The van der Waals surface area contributed by atoms with E-state index in [1.54, 1.807) is 4.90 Å². The molecule has 0 saturated carbocycles. The fourth-order valence-corrected chi connectivity index (χ4v) is 3.90. The molecule has 0 spiro atoms. The molecule has 26 heavy (non-hydrogen) atoms. The maximum Gasteiger partial charge on any atom is 0.256 e. The Balaban J connectivity index is 1.61. The zero-order valence-corrected chi connectivity index (χ0v) is 14.8. The molecular formula is C21H24N2O3. The normalized spacial score (nSPS) is 23.3. The second-order valence-electron chi connectivity index (χ2n) is 6.94. The van der Waals surface area contributed by atoms with Crippen LogP contribution >= 0.6 is 0 Å². The van der Waals surface area contributed by atoms with Crippen molar-refractivity contribution < 1.29 is 14.6 Å². The summed E-state index contributed by atoms with van der Waals surface area (Å²) in [5, 5.41) is 11.6. The smallest absolute Gasteiger partial charge is 0.256 e. The lowest BCUT2D eigenvalue weighted by atomic mass is 9.94. The Morgan fingerprint density at radius 1 is 0.962 bits per heavy atom. The molecule has 136 valence electrons. The van der Waals surface area contributed by atoms with Gasteiger partial charge in [-0.25, -0.2) is 0 Å². The number of carbonyl (C=O) groups is 1. The minimum Gasteiger partial charge on any atom is -0.379 e. The van der Waals surface area contributed by atoms with Crippen molar-refractivity contribution in [3.63, 3.8) is 0 Å². The fraction of sp³-hybridized carbons (Fsp3) is 0.381. The SMILES string of the molecule is O=C1c2ccccc2[C@](O)(Cc2ccccc2)N1CCN1CCOCC1. The first-order valence-corrected chi connectivity index (χ1v) is 9.16. The standard InChI is InChI=1S/C21H24N2O3/c24-20-18-8-4-5-9-19(18)21(25,16-17-6-2-1-3-7-17)23(20)11-10-22-12-14-26-15-13-22/h1-9,25H,10-16H2/t21-/m1/s1. The second-order valence-corrected chi connectivity index (χ2v) is 6.94. The highest BCUT2D eigenvalue weighted by atomic mass is 16.5. The zero-order valence-electron chi connectivity index (χ0n) is 14.8.